The summed E-state index contributed by atoms with van der Waals surface area (Å²) in [6.07, 6.45) is 2.42. The zero-order chi connectivity index (χ0) is 13.0. The largest absolute Gasteiger partial charge is 0.335 e. The number of nitrogens with zero attached hydrogens (tertiary/aromatic N) is 2. The first-order chi connectivity index (χ1) is 8.70. The molecule has 2 rings (SSSR count). The molecule has 1 aromatic rings. The number of carbonyl (C=O) groups excluding carboxylic acids is 2. The average molecular weight is 242 g/mol. The van der Waals surface area contributed by atoms with E-state index < -0.39 is 0 Å². The summed E-state index contributed by atoms with van der Waals surface area (Å²) in [5.74, 6) is -0.0158. The van der Waals surface area contributed by atoms with Crippen molar-refractivity contribution in [1.82, 2.24) is 4.90 Å². The molecule has 1 amide bonds. The van der Waals surface area contributed by atoms with E-state index in [-0.39, 0.29) is 18.2 Å². The van der Waals surface area contributed by atoms with Crippen molar-refractivity contribution in [3.8, 4) is 6.07 Å². The Morgan fingerprint density at radius 2 is 2.00 bits per heavy atom. The Kier molecular flexibility index (Phi) is 3.73. The lowest BCUT2D eigenvalue weighted by Crippen LogP contribution is -2.39. The van der Waals surface area contributed by atoms with Crippen molar-refractivity contribution >= 4 is 11.7 Å². The van der Waals surface area contributed by atoms with Gasteiger partial charge in [-0.3, -0.25) is 9.59 Å². The third-order valence-electron chi connectivity index (χ3n) is 3.09. The summed E-state index contributed by atoms with van der Waals surface area (Å²) in [6, 6.07) is 8.51. The summed E-state index contributed by atoms with van der Waals surface area (Å²) in [5.41, 5.74) is 1.08. The number of amides is 1. The molecular formula is C14H14N2O2. The zero-order valence-electron chi connectivity index (χ0n) is 10.1. The average Bonchev–Trinajstić information content (AvgIpc) is 2.41. The minimum Gasteiger partial charge on any atom is -0.335 e. The van der Waals surface area contributed by atoms with Crippen LogP contribution in [0.4, 0.5) is 0 Å². The molecule has 0 radical (unpaired) electrons. The molecule has 1 aliphatic rings. The Morgan fingerprint density at radius 1 is 1.28 bits per heavy atom. The van der Waals surface area contributed by atoms with E-state index in [2.05, 4.69) is 0 Å². The molecule has 0 unspecified atom stereocenters. The molecule has 0 atom stereocenters. The van der Waals surface area contributed by atoms with Crippen molar-refractivity contribution in [2.75, 3.05) is 13.1 Å². The Balaban J connectivity index is 2.02. The van der Waals surface area contributed by atoms with Crippen molar-refractivity contribution in [2.24, 2.45) is 0 Å². The van der Waals surface area contributed by atoms with Crippen LogP contribution >= 0.6 is 0 Å². The molecule has 18 heavy (non-hydrogen) atoms. The monoisotopic (exact) mass is 242 g/mol. The van der Waals surface area contributed by atoms with Crippen LogP contribution in [-0.2, 0) is 4.79 Å². The molecule has 0 aliphatic carbocycles. The second-order valence-corrected chi connectivity index (χ2v) is 4.38. The molecule has 1 aliphatic heterocycles. The van der Waals surface area contributed by atoms with Gasteiger partial charge in [-0.1, -0.05) is 12.1 Å². The lowest BCUT2D eigenvalue weighted by Gasteiger charge is -2.25. The Bertz CT molecular complexity index is 500. The van der Waals surface area contributed by atoms with Crippen LogP contribution in [0, 0.1) is 11.3 Å². The molecular weight excluding hydrogens is 228 g/mol. The molecule has 92 valence electrons. The molecule has 1 fully saturated rings. The first-order valence-electron chi connectivity index (χ1n) is 6.02. The zero-order valence-corrected chi connectivity index (χ0v) is 10.1. The third-order valence-corrected chi connectivity index (χ3v) is 3.09. The van der Waals surface area contributed by atoms with Gasteiger partial charge in [0.2, 0.25) is 5.91 Å². The molecule has 4 nitrogen and oxygen atoms in total. The number of benzene rings is 1. The van der Waals surface area contributed by atoms with Crippen LogP contribution in [0.2, 0.25) is 0 Å². The molecule has 1 aromatic carbocycles. The predicted molar refractivity (Wildman–Crippen MR) is 65.9 cm³/mol. The number of carbonyl (C=O) groups is 2. The Hall–Kier alpha value is -2.15. The van der Waals surface area contributed by atoms with Gasteiger partial charge >= 0.3 is 0 Å². The first-order valence-corrected chi connectivity index (χ1v) is 6.02. The molecule has 1 heterocycles. The van der Waals surface area contributed by atoms with Crippen LogP contribution in [0.15, 0.2) is 24.3 Å². The van der Waals surface area contributed by atoms with E-state index in [0.717, 1.165) is 12.8 Å². The minimum atomic E-state index is -0.0743. The van der Waals surface area contributed by atoms with Gasteiger partial charge in [-0.15, -0.1) is 0 Å². The Morgan fingerprint density at radius 3 is 2.61 bits per heavy atom. The number of nitriles is 1. The predicted octanol–water partition coefficient (Wildman–Crippen LogP) is 1.75. The third kappa shape index (κ3) is 2.75. The maximum atomic E-state index is 12.0. The fourth-order valence-corrected chi connectivity index (χ4v) is 2.02. The summed E-state index contributed by atoms with van der Waals surface area (Å²) < 4.78 is 0. The number of likely N-dealkylation sites (tertiary alicyclic amines) is 1. The Labute approximate surface area is 106 Å². The highest BCUT2D eigenvalue weighted by atomic mass is 16.2. The molecule has 0 spiro atoms. The number of hydrogen-bond donors (Lipinski definition) is 0. The topological polar surface area (TPSA) is 61.2 Å². The fourth-order valence-electron chi connectivity index (χ4n) is 2.02. The van der Waals surface area contributed by atoms with Gasteiger partial charge in [0.1, 0.15) is 0 Å². The summed E-state index contributed by atoms with van der Waals surface area (Å²) in [7, 11) is 0. The van der Waals surface area contributed by atoms with Gasteiger partial charge < -0.3 is 4.90 Å². The van der Waals surface area contributed by atoms with E-state index >= 15 is 0 Å². The van der Waals surface area contributed by atoms with Gasteiger partial charge in [0.15, 0.2) is 5.78 Å². The van der Waals surface area contributed by atoms with Gasteiger partial charge in [0.05, 0.1) is 18.2 Å². The van der Waals surface area contributed by atoms with E-state index in [1.54, 1.807) is 29.2 Å². The standard InChI is InChI=1S/C14H14N2O2/c15-9-11-4-6-12(7-5-11)13(17)10-16-8-2-1-3-14(16)18/h4-7H,1-3,8,10H2. The van der Waals surface area contributed by atoms with Crippen molar-refractivity contribution in [1.29, 1.82) is 5.26 Å². The lowest BCUT2D eigenvalue weighted by molar-refractivity contribution is -0.132. The van der Waals surface area contributed by atoms with E-state index in [0.29, 0.717) is 24.1 Å². The second kappa shape index (κ2) is 5.46. The highest BCUT2D eigenvalue weighted by Crippen LogP contribution is 2.12. The number of rotatable bonds is 3. The van der Waals surface area contributed by atoms with Crippen molar-refractivity contribution < 1.29 is 9.59 Å². The molecule has 1 saturated heterocycles. The molecule has 0 bridgehead atoms. The van der Waals surface area contributed by atoms with Crippen LogP contribution in [-0.4, -0.2) is 29.7 Å². The van der Waals surface area contributed by atoms with E-state index in [4.69, 9.17) is 5.26 Å². The van der Waals surface area contributed by atoms with Crippen molar-refractivity contribution in [3.05, 3.63) is 35.4 Å². The van der Waals surface area contributed by atoms with Crippen LogP contribution in [0.3, 0.4) is 0 Å². The van der Waals surface area contributed by atoms with Crippen molar-refractivity contribution in [3.63, 3.8) is 0 Å². The smallest absolute Gasteiger partial charge is 0.222 e. The summed E-state index contributed by atoms with van der Waals surface area (Å²) >= 11 is 0. The number of Topliss-reactive ketones (excluding diaryl/α,β-unsaturated/α-hetero) is 1. The lowest BCUT2D eigenvalue weighted by atomic mass is 10.1. The molecule has 0 saturated carbocycles. The fraction of sp³-hybridized carbons (Fsp3) is 0.357. The van der Waals surface area contributed by atoms with Crippen LogP contribution in [0.5, 0.6) is 0 Å². The van der Waals surface area contributed by atoms with Crippen molar-refractivity contribution in [2.45, 2.75) is 19.3 Å². The molecule has 4 heteroatoms. The minimum absolute atomic E-state index is 0.0586. The second-order valence-electron chi connectivity index (χ2n) is 4.38. The summed E-state index contributed by atoms with van der Waals surface area (Å²) in [4.78, 5) is 25.2. The van der Waals surface area contributed by atoms with Gasteiger partial charge in [0, 0.05) is 18.5 Å². The summed E-state index contributed by atoms with van der Waals surface area (Å²) in [5, 5.41) is 8.68. The summed E-state index contributed by atoms with van der Waals surface area (Å²) in [6.45, 7) is 0.811. The van der Waals surface area contributed by atoms with E-state index in [1.165, 1.54) is 0 Å². The SMILES string of the molecule is N#Cc1ccc(C(=O)CN2CCCCC2=O)cc1. The molecule has 0 N–H and O–H groups in total. The normalized spacial score (nSPS) is 15.3. The van der Waals surface area contributed by atoms with E-state index in [1.807, 2.05) is 6.07 Å². The van der Waals surface area contributed by atoms with E-state index in [9.17, 15) is 9.59 Å². The van der Waals surface area contributed by atoms with Crippen LogP contribution in [0.1, 0.15) is 35.2 Å². The quantitative estimate of drug-likeness (QED) is 0.759. The van der Waals surface area contributed by atoms with Gasteiger partial charge in [-0.25, -0.2) is 0 Å². The van der Waals surface area contributed by atoms with Crippen LogP contribution in [0.25, 0.3) is 0 Å². The maximum Gasteiger partial charge on any atom is 0.222 e. The van der Waals surface area contributed by atoms with Gasteiger partial charge in [-0.2, -0.15) is 5.26 Å². The van der Waals surface area contributed by atoms with Gasteiger partial charge in [-0.05, 0) is 25.0 Å². The first kappa shape index (κ1) is 12.3. The van der Waals surface area contributed by atoms with Crippen LogP contribution < -0.4 is 0 Å². The highest BCUT2D eigenvalue weighted by Gasteiger charge is 2.20. The highest BCUT2D eigenvalue weighted by molar-refractivity contribution is 5.99. The maximum absolute atomic E-state index is 12.0. The number of hydrogen-bond acceptors (Lipinski definition) is 3. The van der Waals surface area contributed by atoms with Gasteiger partial charge in [0.25, 0.3) is 0 Å². The number of piperidine rings is 1. The molecule has 0 aromatic heterocycles. The number of ketones is 1.